The van der Waals surface area contributed by atoms with Gasteiger partial charge in [0.1, 0.15) is 6.54 Å². The van der Waals surface area contributed by atoms with Crippen LogP contribution in [0.3, 0.4) is 0 Å². The molecule has 0 saturated heterocycles. The molecule has 3 heterocycles. The zero-order valence-corrected chi connectivity index (χ0v) is 17.3. The molecule has 0 spiro atoms. The molecular formula is C22H18ClN5O3. The van der Waals surface area contributed by atoms with Gasteiger partial charge >= 0.3 is 5.69 Å². The van der Waals surface area contributed by atoms with Gasteiger partial charge in [0.05, 0.1) is 12.1 Å². The van der Waals surface area contributed by atoms with Crippen molar-refractivity contribution in [3.63, 3.8) is 0 Å². The van der Waals surface area contributed by atoms with Crippen molar-refractivity contribution in [3.05, 3.63) is 98.0 Å². The molecule has 2 aliphatic rings. The Morgan fingerprint density at radius 2 is 1.97 bits per heavy atom. The number of rotatable bonds is 5. The van der Waals surface area contributed by atoms with Crippen molar-refractivity contribution in [2.75, 3.05) is 5.32 Å². The Morgan fingerprint density at radius 3 is 2.74 bits per heavy atom. The third-order valence-electron chi connectivity index (χ3n) is 4.87. The number of pyridine rings is 2. The molecule has 2 aliphatic heterocycles. The highest BCUT2D eigenvalue weighted by Gasteiger charge is 2.18. The molecule has 0 radical (unpaired) electrons. The van der Waals surface area contributed by atoms with Gasteiger partial charge in [-0.1, -0.05) is 23.7 Å². The number of carbonyl (C=O) groups excluding carboxylic acids is 1. The maximum atomic E-state index is 12.9. The summed E-state index contributed by atoms with van der Waals surface area (Å²) in [5, 5.41) is 3.34. The van der Waals surface area contributed by atoms with Gasteiger partial charge in [-0.3, -0.25) is 19.1 Å². The molecule has 1 N–H and O–H groups in total. The second-order valence-corrected chi connectivity index (χ2v) is 7.39. The second kappa shape index (κ2) is 8.53. The van der Waals surface area contributed by atoms with E-state index in [1.165, 1.54) is 4.57 Å². The molecule has 1 amide bonds. The third-order valence-corrected chi connectivity index (χ3v) is 5.28. The maximum absolute atomic E-state index is 12.9. The molecule has 0 saturated carbocycles. The van der Waals surface area contributed by atoms with Crippen molar-refractivity contribution in [3.8, 4) is 11.4 Å². The molecule has 1 aromatic carbocycles. The van der Waals surface area contributed by atoms with E-state index in [0.29, 0.717) is 16.3 Å². The molecule has 8 nitrogen and oxygen atoms in total. The number of carbonyl (C=O) groups is 1. The summed E-state index contributed by atoms with van der Waals surface area (Å²) in [5.74, 6) is -0.186. The summed E-state index contributed by atoms with van der Waals surface area (Å²) in [6.45, 7) is 1.75. The Balaban J connectivity index is 1.65. The highest BCUT2D eigenvalue weighted by molar-refractivity contribution is 6.31. The summed E-state index contributed by atoms with van der Waals surface area (Å²) >= 11 is 6.10. The van der Waals surface area contributed by atoms with Crippen LogP contribution in [0.25, 0.3) is 11.4 Å². The van der Waals surface area contributed by atoms with Gasteiger partial charge in [0.2, 0.25) is 5.91 Å². The number of nitrogens with zero attached hydrogens (tertiary/aromatic N) is 4. The first kappa shape index (κ1) is 20.5. The van der Waals surface area contributed by atoms with Crippen LogP contribution in [0.15, 0.2) is 70.6 Å². The molecule has 156 valence electrons. The van der Waals surface area contributed by atoms with Crippen molar-refractivity contribution in [2.45, 2.75) is 20.0 Å². The van der Waals surface area contributed by atoms with E-state index in [0.717, 1.165) is 10.1 Å². The molecule has 0 fully saturated rings. The number of anilines is 1. The summed E-state index contributed by atoms with van der Waals surface area (Å²) in [7, 11) is 0. The average Bonchev–Trinajstić information content (AvgIpc) is 2.76. The van der Waals surface area contributed by atoms with Crippen LogP contribution < -0.4 is 16.6 Å². The minimum atomic E-state index is -0.688. The van der Waals surface area contributed by atoms with Gasteiger partial charge in [-0.25, -0.2) is 4.79 Å². The Bertz CT molecular complexity index is 1350. The molecular weight excluding hydrogens is 418 g/mol. The predicted molar refractivity (Wildman–Crippen MR) is 118 cm³/mol. The first-order valence-electron chi connectivity index (χ1n) is 9.48. The lowest BCUT2D eigenvalue weighted by molar-refractivity contribution is -0.116. The molecule has 2 aromatic rings. The lowest BCUT2D eigenvalue weighted by atomic mass is 10.2. The van der Waals surface area contributed by atoms with Crippen molar-refractivity contribution in [1.29, 1.82) is 0 Å². The van der Waals surface area contributed by atoms with Gasteiger partial charge in [0.25, 0.3) is 5.56 Å². The standard InChI is InChI=1S/C22H18ClN5O3/c1-14-17(23)7-2-8-18(14)25-19(29)13-27-10-4-6-16-20(27)26-22(31)28(21(16)30)12-15-5-3-9-24-11-15/h2-11H,12-13H2,1H3,(H,25,29). The number of hydrogen-bond acceptors (Lipinski definition) is 5. The van der Waals surface area contributed by atoms with Crippen LogP contribution in [0, 0.1) is 6.92 Å². The predicted octanol–water partition coefficient (Wildman–Crippen LogP) is 2.55. The van der Waals surface area contributed by atoms with E-state index in [1.807, 2.05) is 0 Å². The van der Waals surface area contributed by atoms with Crippen molar-refractivity contribution in [2.24, 2.45) is 0 Å². The monoisotopic (exact) mass is 435 g/mol. The van der Waals surface area contributed by atoms with Crippen LogP contribution in [0.4, 0.5) is 5.69 Å². The molecule has 1 aromatic heterocycles. The topological polar surface area (TPSA) is 98.9 Å². The van der Waals surface area contributed by atoms with Crippen LogP contribution in [0.1, 0.15) is 11.1 Å². The van der Waals surface area contributed by atoms with Gasteiger partial charge in [0.15, 0.2) is 5.82 Å². The summed E-state index contributed by atoms with van der Waals surface area (Å²) < 4.78 is 2.53. The Morgan fingerprint density at radius 1 is 1.13 bits per heavy atom. The molecule has 31 heavy (non-hydrogen) atoms. The zero-order chi connectivity index (χ0) is 22.0. The number of fused-ring (bicyclic) bond motifs is 1. The fourth-order valence-corrected chi connectivity index (χ4v) is 3.42. The lowest BCUT2D eigenvalue weighted by Gasteiger charge is -2.15. The highest BCUT2D eigenvalue weighted by atomic mass is 35.5. The first-order valence-corrected chi connectivity index (χ1v) is 9.85. The van der Waals surface area contributed by atoms with Gasteiger partial charge in [-0.2, -0.15) is 4.98 Å². The molecule has 0 bridgehead atoms. The number of benzene rings is 1. The molecule has 9 heteroatoms. The second-order valence-electron chi connectivity index (χ2n) is 6.98. The Kier molecular flexibility index (Phi) is 5.64. The van der Waals surface area contributed by atoms with E-state index < -0.39 is 11.2 Å². The molecule has 0 unspecified atom stereocenters. The minimum Gasteiger partial charge on any atom is -0.324 e. The maximum Gasteiger partial charge on any atom is 0.352 e. The van der Waals surface area contributed by atoms with Crippen molar-refractivity contribution in [1.82, 2.24) is 19.1 Å². The number of hydrogen-bond donors (Lipinski definition) is 1. The van der Waals surface area contributed by atoms with Crippen LogP contribution in [-0.4, -0.2) is 25.0 Å². The smallest absolute Gasteiger partial charge is 0.324 e. The van der Waals surface area contributed by atoms with Crippen molar-refractivity contribution < 1.29 is 4.79 Å². The van der Waals surface area contributed by atoms with Crippen LogP contribution >= 0.6 is 11.6 Å². The molecule has 4 rings (SSSR count). The highest BCUT2D eigenvalue weighted by Crippen LogP contribution is 2.23. The van der Waals surface area contributed by atoms with Gasteiger partial charge in [0, 0.05) is 29.3 Å². The molecule has 0 aliphatic carbocycles. The van der Waals surface area contributed by atoms with E-state index >= 15 is 0 Å². The fraction of sp³-hybridized carbons (Fsp3) is 0.136. The first-order chi connectivity index (χ1) is 14.9. The Labute approximate surface area is 182 Å². The Hall–Kier alpha value is -3.78. The van der Waals surface area contributed by atoms with E-state index in [4.69, 9.17) is 11.6 Å². The SMILES string of the molecule is Cc1c(Cl)cccc1NC(=O)Cn1cccc2c(=O)n(Cc3cccnc3)c(=O)nc1-2. The lowest BCUT2D eigenvalue weighted by Crippen LogP contribution is -2.38. The summed E-state index contributed by atoms with van der Waals surface area (Å²) in [6.07, 6.45) is 4.80. The third kappa shape index (κ3) is 4.24. The van der Waals surface area contributed by atoms with E-state index in [-0.39, 0.29) is 30.4 Å². The molecule has 0 atom stereocenters. The summed E-state index contributed by atoms with van der Waals surface area (Å²) in [5.41, 5.74) is 1.14. The quantitative estimate of drug-likeness (QED) is 0.519. The van der Waals surface area contributed by atoms with Gasteiger partial charge in [-0.05, 0) is 48.4 Å². The largest absolute Gasteiger partial charge is 0.352 e. The zero-order valence-electron chi connectivity index (χ0n) is 16.6. The number of nitrogens with one attached hydrogen (secondary N) is 1. The normalized spacial score (nSPS) is 10.9. The van der Waals surface area contributed by atoms with Gasteiger partial charge < -0.3 is 9.88 Å². The summed E-state index contributed by atoms with van der Waals surface area (Å²) in [4.78, 5) is 46.2. The van der Waals surface area contributed by atoms with Crippen LogP contribution in [0.2, 0.25) is 5.02 Å². The fourth-order valence-electron chi connectivity index (χ4n) is 3.25. The van der Waals surface area contributed by atoms with E-state index in [1.54, 1.807) is 68.0 Å². The summed E-state index contributed by atoms with van der Waals surface area (Å²) in [6, 6.07) is 12.0. The van der Waals surface area contributed by atoms with Crippen molar-refractivity contribution >= 4 is 23.2 Å². The number of halogens is 1. The average molecular weight is 436 g/mol. The van der Waals surface area contributed by atoms with E-state index in [9.17, 15) is 14.4 Å². The van der Waals surface area contributed by atoms with Crippen LogP contribution in [-0.2, 0) is 17.9 Å². The number of amides is 1. The number of aromatic nitrogens is 4. The minimum absolute atomic E-state index is 0.0673. The van der Waals surface area contributed by atoms with Crippen LogP contribution in [0.5, 0.6) is 0 Å². The van der Waals surface area contributed by atoms with Gasteiger partial charge in [-0.15, -0.1) is 0 Å². The van der Waals surface area contributed by atoms with E-state index in [2.05, 4.69) is 15.3 Å².